The number of anilines is 1. The van der Waals surface area contributed by atoms with Gasteiger partial charge in [0.15, 0.2) is 11.5 Å². The smallest absolute Gasteiger partial charge is 0.294 e. The average Bonchev–Trinajstić information content (AvgIpc) is 2.91. The molecule has 0 fully saturated rings. The molecular formula is C26H30ClNO3. The molecule has 1 aliphatic rings. The molecule has 3 rings (SSSR count). The largest absolute Gasteiger partial charge is 0.503 e. The number of hydrogen-bond donors (Lipinski definition) is 1. The summed E-state index contributed by atoms with van der Waals surface area (Å²) >= 11 is 6.12. The molecule has 0 saturated carbocycles. The molecule has 1 atom stereocenters. The van der Waals surface area contributed by atoms with Crippen LogP contribution in [0, 0.1) is 12.3 Å². The summed E-state index contributed by atoms with van der Waals surface area (Å²) in [5, 5.41) is 11.4. The van der Waals surface area contributed by atoms with Gasteiger partial charge in [-0.2, -0.15) is 0 Å². The number of aliphatic hydroxyl groups is 1. The minimum Gasteiger partial charge on any atom is -0.503 e. The third-order valence-corrected chi connectivity index (χ3v) is 5.88. The van der Waals surface area contributed by atoms with Gasteiger partial charge in [0.2, 0.25) is 0 Å². The van der Waals surface area contributed by atoms with E-state index in [9.17, 15) is 14.7 Å². The number of carbonyl (C=O) groups excluding carboxylic acids is 2. The van der Waals surface area contributed by atoms with Crippen LogP contribution in [0.25, 0.3) is 0 Å². The molecule has 0 aliphatic carbocycles. The highest BCUT2D eigenvalue weighted by atomic mass is 35.5. The third-order valence-electron chi connectivity index (χ3n) is 5.64. The number of amides is 1. The highest BCUT2D eigenvalue weighted by molar-refractivity contribution is 6.30. The van der Waals surface area contributed by atoms with Crippen LogP contribution in [0.3, 0.4) is 0 Å². The van der Waals surface area contributed by atoms with Crippen LogP contribution in [0.15, 0.2) is 53.8 Å². The second-order valence-corrected chi connectivity index (χ2v) is 10.7. The Hall–Kier alpha value is -2.59. The second kappa shape index (κ2) is 7.83. The van der Waals surface area contributed by atoms with Gasteiger partial charge in [0.05, 0.1) is 11.6 Å². The van der Waals surface area contributed by atoms with Crippen molar-refractivity contribution in [1.29, 1.82) is 0 Å². The van der Waals surface area contributed by atoms with Crippen LogP contribution in [0.5, 0.6) is 0 Å². The van der Waals surface area contributed by atoms with Gasteiger partial charge in [0.25, 0.3) is 5.91 Å². The molecule has 31 heavy (non-hydrogen) atoms. The number of hydrogen-bond acceptors (Lipinski definition) is 3. The van der Waals surface area contributed by atoms with E-state index in [1.54, 1.807) is 39.0 Å². The minimum absolute atomic E-state index is 0.0292. The van der Waals surface area contributed by atoms with Crippen LogP contribution in [-0.2, 0) is 15.0 Å². The molecule has 0 aromatic heterocycles. The Morgan fingerprint density at radius 2 is 1.58 bits per heavy atom. The fraction of sp³-hybridized carbons (Fsp3) is 0.385. The van der Waals surface area contributed by atoms with Gasteiger partial charge in [0.1, 0.15) is 0 Å². The van der Waals surface area contributed by atoms with Gasteiger partial charge in [-0.25, -0.2) is 0 Å². The summed E-state index contributed by atoms with van der Waals surface area (Å²) in [5.74, 6) is -1.32. The summed E-state index contributed by atoms with van der Waals surface area (Å²) in [6, 6.07) is 12.4. The molecule has 4 nitrogen and oxygen atoms in total. The maximum absolute atomic E-state index is 13.3. The monoisotopic (exact) mass is 439 g/mol. The number of aryl methyl sites for hydroxylation is 1. The second-order valence-electron chi connectivity index (χ2n) is 10.2. The van der Waals surface area contributed by atoms with Crippen molar-refractivity contribution in [1.82, 2.24) is 0 Å². The van der Waals surface area contributed by atoms with E-state index in [0.29, 0.717) is 10.7 Å². The minimum atomic E-state index is -0.752. The zero-order chi connectivity index (χ0) is 23.3. The Kier molecular flexibility index (Phi) is 5.83. The number of rotatable bonds is 3. The van der Waals surface area contributed by atoms with Gasteiger partial charge in [-0.05, 0) is 47.2 Å². The molecule has 1 N–H and O–H groups in total. The molecule has 2 aromatic rings. The normalized spacial score (nSPS) is 17.5. The first kappa shape index (κ1) is 23.1. The number of carbonyl (C=O) groups is 2. The first-order valence-electron chi connectivity index (χ1n) is 10.4. The first-order chi connectivity index (χ1) is 14.2. The predicted octanol–water partition coefficient (Wildman–Crippen LogP) is 6.46. The maximum atomic E-state index is 13.3. The summed E-state index contributed by atoms with van der Waals surface area (Å²) in [6.07, 6.45) is 0. The molecule has 2 aromatic carbocycles. The first-order valence-corrected chi connectivity index (χ1v) is 10.8. The van der Waals surface area contributed by atoms with Crippen molar-refractivity contribution >= 4 is 29.0 Å². The van der Waals surface area contributed by atoms with Crippen molar-refractivity contribution in [3.05, 3.63) is 75.5 Å². The number of nitrogens with zero attached hydrogens (tertiary/aromatic N) is 1. The van der Waals surface area contributed by atoms with E-state index in [1.165, 1.54) is 4.90 Å². The summed E-state index contributed by atoms with van der Waals surface area (Å²) in [6.45, 7) is 13.6. The molecule has 0 spiro atoms. The molecule has 1 aliphatic heterocycles. The van der Waals surface area contributed by atoms with Crippen LogP contribution in [0.1, 0.15) is 64.3 Å². The molecule has 5 heteroatoms. The summed E-state index contributed by atoms with van der Waals surface area (Å²) < 4.78 is 0. The van der Waals surface area contributed by atoms with Crippen molar-refractivity contribution in [3.8, 4) is 0 Å². The highest BCUT2D eigenvalue weighted by Crippen LogP contribution is 2.44. The van der Waals surface area contributed by atoms with E-state index >= 15 is 0 Å². The molecule has 1 amide bonds. The molecule has 1 heterocycles. The van der Waals surface area contributed by atoms with Crippen molar-refractivity contribution in [2.45, 2.75) is 59.9 Å². The topological polar surface area (TPSA) is 57.6 Å². The average molecular weight is 440 g/mol. The van der Waals surface area contributed by atoms with Gasteiger partial charge in [-0.1, -0.05) is 77.4 Å². The van der Waals surface area contributed by atoms with Crippen LogP contribution in [0.2, 0.25) is 5.02 Å². The summed E-state index contributed by atoms with van der Waals surface area (Å²) in [5.41, 5.74) is 2.67. The molecule has 164 valence electrons. The van der Waals surface area contributed by atoms with Crippen LogP contribution in [-0.4, -0.2) is 16.8 Å². The Morgan fingerprint density at radius 1 is 1.00 bits per heavy atom. The molecule has 0 bridgehead atoms. The third kappa shape index (κ3) is 4.27. The standard InChI is InChI=1S/C26H30ClNO3/c1-15-14-18(27)12-13-19(15)28-21(16-8-10-17(11-9-16)25(2,3)4)20(22(29)24(28)31)23(30)26(5,6)7/h8-14,21,29H,1-7H3. The van der Waals surface area contributed by atoms with Gasteiger partial charge < -0.3 is 5.11 Å². The highest BCUT2D eigenvalue weighted by Gasteiger charge is 2.47. The van der Waals surface area contributed by atoms with Gasteiger partial charge in [0, 0.05) is 16.1 Å². The number of aliphatic hydroxyl groups excluding tert-OH is 1. The number of halogens is 1. The van der Waals surface area contributed by atoms with Crippen molar-refractivity contribution < 1.29 is 14.7 Å². The number of Topliss-reactive ketones (excluding diaryl/α,β-unsaturated/α-hetero) is 1. The molecular weight excluding hydrogens is 410 g/mol. The lowest BCUT2D eigenvalue weighted by Gasteiger charge is -2.30. The molecule has 0 saturated heterocycles. The molecule has 1 unspecified atom stereocenters. The lowest BCUT2D eigenvalue weighted by atomic mass is 9.81. The van der Waals surface area contributed by atoms with E-state index in [1.807, 2.05) is 31.2 Å². The number of benzene rings is 2. The zero-order valence-corrected chi connectivity index (χ0v) is 20.0. The fourth-order valence-corrected chi connectivity index (χ4v) is 4.09. The predicted molar refractivity (Wildman–Crippen MR) is 126 cm³/mol. The van der Waals surface area contributed by atoms with E-state index < -0.39 is 23.1 Å². The van der Waals surface area contributed by atoms with E-state index in [2.05, 4.69) is 20.8 Å². The lowest BCUT2D eigenvalue weighted by Crippen LogP contribution is -2.33. The summed E-state index contributed by atoms with van der Waals surface area (Å²) in [4.78, 5) is 28.1. The van der Waals surface area contributed by atoms with Crippen molar-refractivity contribution in [2.24, 2.45) is 5.41 Å². The Bertz CT molecular complexity index is 1070. The van der Waals surface area contributed by atoms with Crippen LogP contribution < -0.4 is 4.90 Å². The summed E-state index contributed by atoms with van der Waals surface area (Å²) in [7, 11) is 0. The quantitative estimate of drug-likeness (QED) is 0.596. The van der Waals surface area contributed by atoms with Gasteiger partial charge in [-0.3, -0.25) is 14.5 Å². The van der Waals surface area contributed by atoms with Crippen molar-refractivity contribution in [3.63, 3.8) is 0 Å². The SMILES string of the molecule is Cc1cc(Cl)ccc1N1C(=O)C(O)=C(C(=O)C(C)(C)C)C1c1ccc(C(C)(C)C)cc1. The Balaban J connectivity index is 2.22. The van der Waals surface area contributed by atoms with E-state index in [-0.39, 0.29) is 16.8 Å². The Morgan fingerprint density at radius 3 is 2.06 bits per heavy atom. The number of ketones is 1. The maximum Gasteiger partial charge on any atom is 0.294 e. The van der Waals surface area contributed by atoms with Crippen LogP contribution >= 0.6 is 11.6 Å². The van der Waals surface area contributed by atoms with Crippen molar-refractivity contribution in [2.75, 3.05) is 4.90 Å². The van der Waals surface area contributed by atoms with Gasteiger partial charge in [-0.15, -0.1) is 0 Å². The van der Waals surface area contributed by atoms with E-state index in [4.69, 9.17) is 11.6 Å². The zero-order valence-electron chi connectivity index (χ0n) is 19.2. The lowest BCUT2D eigenvalue weighted by molar-refractivity contribution is -0.123. The van der Waals surface area contributed by atoms with Gasteiger partial charge >= 0.3 is 0 Å². The van der Waals surface area contributed by atoms with E-state index in [0.717, 1.165) is 16.7 Å². The molecule has 0 radical (unpaired) electrons. The Labute approximate surface area is 189 Å². The fourth-order valence-electron chi connectivity index (χ4n) is 3.86. The van der Waals surface area contributed by atoms with Crippen LogP contribution in [0.4, 0.5) is 5.69 Å².